The third kappa shape index (κ3) is 5.95. The number of ether oxygens (including phenoxy) is 3. The van der Waals surface area contributed by atoms with Crippen LogP contribution in [0.4, 0.5) is 14.5 Å². The maximum atomic E-state index is 13.1. The molecule has 8 heteroatoms. The Morgan fingerprint density at radius 2 is 1.56 bits per heavy atom. The monoisotopic (exact) mass is 379 g/mol. The number of carbonyl (C=O) groups is 2. The molecule has 144 valence electrons. The van der Waals surface area contributed by atoms with Gasteiger partial charge in [0.2, 0.25) is 0 Å². The molecule has 6 nitrogen and oxygen atoms in total. The minimum atomic E-state index is -0.833. The number of carbonyl (C=O) groups excluding carboxylic acids is 2. The van der Waals surface area contributed by atoms with Crippen molar-refractivity contribution >= 4 is 17.6 Å². The first-order valence-electron chi connectivity index (χ1n) is 8.25. The molecule has 0 saturated carbocycles. The zero-order valence-corrected chi connectivity index (χ0v) is 14.9. The molecule has 0 atom stereocenters. The van der Waals surface area contributed by atoms with Crippen molar-refractivity contribution in [1.29, 1.82) is 0 Å². The summed E-state index contributed by atoms with van der Waals surface area (Å²) in [6.45, 7) is 3.81. The summed E-state index contributed by atoms with van der Waals surface area (Å²) in [5, 5.41) is 2.25. The third-order valence-electron chi connectivity index (χ3n) is 3.26. The largest absolute Gasteiger partial charge is 0.490 e. The van der Waals surface area contributed by atoms with Crippen molar-refractivity contribution < 1.29 is 32.6 Å². The second-order valence-electron chi connectivity index (χ2n) is 5.31. The molecule has 1 N–H and O–H groups in total. The number of halogens is 2. The summed E-state index contributed by atoms with van der Waals surface area (Å²) in [5.41, 5.74) is 0.0970. The van der Waals surface area contributed by atoms with Crippen LogP contribution in [0.15, 0.2) is 36.4 Å². The van der Waals surface area contributed by atoms with Crippen LogP contribution in [0.2, 0.25) is 0 Å². The molecular formula is C19H19F2NO5. The van der Waals surface area contributed by atoms with Crippen molar-refractivity contribution in [2.75, 3.05) is 25.1 Å². The number of esters is 1. The summed E-state index contributed by atoms with van der Waals surface area (Å²) in [6, 6.07) is 7.08. The predicted octanol–water partition coefficient (Wildman–Crippen LogP) is 3.56. The number of amides is 1. The predicted molar refractivity (Wildman–Crippen MR) is 94.1 cm³/mol. The molecule has 0 bridgehead atoms. The lowest BCUT2D eigenvalue weighted by atomic mass is 10.2. The molecule has 0 saturated heterocycles. The highest BCUT2D eigenvalue weighted by Gasteiger charge is 2.14. The Bertz CT molecular complexity index is 805. The first-order valence-corrected chi connectivity index (χ1v) is 8.25. The summed E-state index contributed by atoms with van der Waals surface area (Å²) in [6.07, 6.45) is 0. The van der Waals surface area contributed by atoms with Gasteiger partial charge in [0.25, 0.3) is 5.91 Å². The highest BCUT2D eigenvalue weighted by molar-refractivity contribution is 5.95. The average molecular weight is 379 g/mol. The van der Waals surface area contributed by atoms with Gasteiger partial charge < -0.3 is 19.5 Å². The van der Waals surface area contributed by atoms with E-state index in [1.165, 1.54) is 12.1 Å². The SMILES string of the molecule is CCOc1ccc(C(=O)OCC(=O)Nc2cc(F)cc(F)c2)cc1OCC. The van der Waals surface area contributed by atoms with E-state index >= 15 is 0 Å². The number of benzene rings is 2. The number of nitrogens with one attached hydrogen (secondary N) is 1. The zero-order valence-electron chi connectivity index (χ0n) is 14.9. The molecule has 0 aliphatic heterocycles. The Morgan fingerprint density at radius 1 is 0.926 bits per heavy atom. The number of hydrogen-bond acceptors (Lipinski definition) is 5. The van der Waals surface area contributed by atoms with Crippen LogP contribution in [-0.4, -0.2) is 31.7 Å². The van der Waals surface area contributed by atoms with Gasteiger partial charge in [0, 0.05) is 11.8 Å². The van der Waals surface area contributed by atoms with Gasteiger partial charge in [-0.3, -0.25) is 4.79 Å². The Morgan fingerprint density at radius 3 is 2.19 bits per heavy atom. The first-order chi connectivity index (χ1) is 12.9. The summed E-state index contributed by atoms with van der Waals surface area (Å²) in [4.78, 5) is 23.9. The lowest BCUT2D eigenvalue weighted by Crippen LogP contribution is -2.21. The minimum Gasteiger partial charge on any atom is -0.490 e. The third-order valence-corrected chi connectivity index (χ3v) is 3.26. The molecule has 2 rings (SSSR count). The van der Waals surface area contributed by atoms with E-state index in [1.54, 1.807) is 13.0 Å². The van der Waals surface area contributed by atoms with Gasteiger partial charge in [-0.05, 0) is 44.2 Å². The summed E-state index contributed by atoms with van der Waals surface area (Å²) in [5.74, 6) is -2.28. The Labute approximate surface area is 155 Å². The van der Waals surface area contributed by atoms with Crippen LogP contribution < -0.4 is 14.8 Å². The van der Waals surface area contributed by atoms with Crippen molar-refractivity contribution in [2.45, 2.75) is 13.8 Å². The Hall–Kier alpha value is -3.16. The summed E-state index contributed by atoms with van der Waals surface area (Å²) < 4.78 is 42.0. The van der Waals surface area contributed by atoms with Crippen LogP contribution >= 0.6 is 0 Å². The minimum absolute atomic E-state index is 0.0757. The lowest BCUT2D eigenvalue weighted by molar-refractivity contribution is -0.119. The molecule has 0 aromatic heterocycles. The number of rotatable bonds is 8. The van der Waals surface area contributed by atoms with E-state index in [0.717, 1.165) is 12.1 Å². The molecule has 2 aromatic rings. The second kappa shape index (κ2) is 9.51. The molecule has 27 heavy (non-hydrogen) atoms. The fourth-order valence-electron chi connectivity index (χ4n) is 2.22. The van der Waals surface area contributed by atoms with Gasteiger partial charge in [0.15, 0.2) is 18.1 Å². The fraction of sp³-hybridized carbons (Fsp3) is 0.263. The van der Waals surface area contributed by atoms with E-state index in [1.807, 2.05) is 6.92 Å². The number of hydrogen-bond donors (Lipinski definition) is 1. The van der Waals surface area contributed by atoms with Crippen molar-refractivity contribution in [3.63, 3.8) is 0 Å². The van der Waals surface area contributed by atoms with Crippen molar-refractivity contribution in [3.05, 3.63) is 53.6 Å². The number of anilines is 1. The molecular weight excluding hydrogens is 360 g/mol. The van der Waals surface area contributed by atoms with Gasteiger partial charge in [-0.2, -0.15) is 0 Å². The summed E-state index contributed by atoms with van der Waals surface area (Å²) >= 11 is 0. The van der Waals surface area contributed by atoms with Crippen molar-refractivity contribution in [2.24, 2.45) is 0 Å². The Kier molecular flexibility index (Phi) is 7.10. The maximum absolute atomic E-state index is 13.1. The molecule has 0 heterocycles. The molecule has 0 fully saturated rings. The quantitative estimate of drug-likeness (QED) is 0.710. The second-order valence-corrected chi connectivity index (χ2v) is 5.31. The van der Waals surface area contributed by atoms with Gasteiger partial charge in [0.05, 0.1) is 18.8 Å². The van der Waals surface area contributed by atoms with Crippen LogP contribution in [0.3, 0.4) is 0 Å². The molecule has 0 unspecified atom stereocenters. The standard InChI is InChI=1S/C19H19F2NO5/c1-3-25-16-6-5-12(7-17(16)26-4-2)19(24)27-11-18(23)22-15-9-13(20)8-14(21)10-15/h5-10H,3-4,11H2,1-2H3,(H,22,23). The zero-order chi connectivity index (χ0) is 19.8. The van der Waals surface area contributed by atoms with Gasteiger partial charge in [-0.15, -0.1) is 0 Å². The fourth-order valence-corrected chi connectivity index (χ4v) is 2.22. The van der Waals surface area contributed by atoms with Crippen LogP contribution in [0.5, 0.6) is 11.5 Å². The highest BCUT2D eigenvalue weighted by atomic mass is 19.1. The van der Waals surface area contributed by atoms with Gasteiger partial charge in [-0.1, -0.05) is 0 Å². The van der Waals surface area contributed by atoms with Gasteiger partial charge in [-0.25, -0.2) is 13.6 Å². The lowest BCUT2D eigenvalue weighted by Gasteiger charge is -2.12. The van der Waals surface area contributed by atoms with Crippen LogP contribution in [0.25, 0.3) is 0 Å². The van der Waals surface area contributed by atoms with Crippen LogP contribution in [0.1, 0.15) is 24.2 Å². The van der Waals surface area contributed by atoms with E-state index in [9.17, 15) is 18.4 Å². The van der Waals surface area contributed by atoms with E-state index in [-0.39, 0.29) is 11.3 Å². The highest BCUT2D eigenvalue weighted by Crippen LogP contribution is 2.28. The molecule has 1 amide bonds. The van der Waals surface area contributed by atoms with E-state index in [4.69, 9.17) is 14.2 Å². The van der Waals surface area contributed by atoms with Crippen LogP contribution in [-0.2, 0) is 9.53 Å². The molecule has 0 radical (unpaired) electrons. The van der Waals surface area contributed by atoms with E-state index in [2.05, 4.69) is 5.32 Å². The topological polar surface area (TPSA) is 73.9 Å². The molecule has 2 aromatic carbocycles. The summed E-state index contributed by atoms with van der Waals surface area (Å²) in [7, 11) is 0. The van der Waals surface area contributed by atoms with Gasteiger partial charge >= 0.3 is 5.97 Å². The van der Waals surface area contributed by atoms with Crippen molar-refractivity contribution in [3.8, 4) is 11.5 Å². The molecule has 0 spiro atoms. The van der Waals surface area contributed by atoms with E-state index < -0.39 is 30.1 Å². The Balaban J connectivity index is 1.98. The van der Waals surface area contributed by atoms with Crippen LogP contribution in [0, 0.1) is 11.6 Å². The molecule has 0 aliphatic rings. The van der Waals surface area contributed by atoms with Crippen molar-refractivity contribution in [1.82, 2.24) is 0 Å². The average Bonchev–Trinajstić information content (AvgIpc) is 2.60. The smallest absolute Gasteiger partial charge is 0.338 e. The maximum Gasteiger partial charge on any atom is 0.338 e. The first kappa shape index (κ1) is 20.2. The van der Waals surface area contributed by atoms with E-state index in [0.29, 0.717) is 30.8 Å². The normalized spacial score (nSPS) is 10.2. The van der Waals surface area contributed by atoms with Gasteiger partial charge in [0.1, 0.15) is 11.6 Å². The molecule has 0 aliphatic carbocycles.